The first kappa shape index (κ1) is 13.5. The summed E-state index contributed by atoms with van der Waals surface area (Å²) in [5, 5.41) is 3.36. The maximum Gasteiger partial charge on any atom is 0.241 e. The van der Waals surface area contributed by atoms with Crippen LogP contribution in [0.25, 0.3) is 0 Å². The van der Waals surface area contributed by atoms with Gasteiger partial charge in [-0.2, -0.15) is 0 Å². The molecule has 1 saturated heterocycles. The number of carbonyl (C=O) groups excluding carboxylic acids is 1. The molecule has 16 heavy (non-hydrogen) atoms. The van der Waals surface area contributed by atoms with Gasteiger partial charge in [-0.1, -0.05) is 13.8 Å². The fourth-order valence-electron chi connectivity index (χ4n) is 2.04. The number of methoxy groups -OCH3 is 1. The zero-order chi connectivity index (χ0) is 12.3. The molecular weight excluding hydrogens is 204 g/mol. The first-order valence-corrected chi connectivity index (χ1v) is 6.06. The van der Waals surface area contributed by atoms with Crippen LogP contribution in [0.1, 0.15) is 40.5 Å². The average molecular weight is 228 g/mol. The molecular formula is C12H24N2O2. The number of rotatable bonds is 5. The molecule has 2 unspecified atom stereocenters. The monoisotopic (exact) mass is 228 g/mol. The Hall–Kier alpha value is -0.610. The minimum atomic E-state index is -0.284. The van der Waals surface area contributed by atoms with E-state index in [9.17, 15) is 4.79 Å². The maximum absolute atomic E-state index is 12.1. The third-order valence-electron chi connectivity index (χ3n) is 3.25. The molecule has 1 N–H and O–H groups in total. The Morgan fingerprint density at radius 3 is 2.44 bits per heavy atom. The topological polar surface area (TPSA) is 41.6 Å². The van der Waals surface area contributed by atoms with Crippen LogP contribution in [0.15, 0.2) is 0 Å². The van der Waals surface area contributed by atoms with E-state index in [4.69, 9.17) is 4.74 Å². The molecule has 94 valence electrons. The van der Waals surface area contributed by atoms with E-state index in [0.717, 1.165) is 12.8 Å². The van der Waals surface area contributed by atoms with Crippen molar-refractivity contribution < 1.29 is 9.53 Å². The third-order valence-corrected chi connectivity index (χ3v) is 3.25. The molecule has 1 rings (SSSR count). The Kier molecular flexibility index (Phi) is 4.33. The van der Waals surface area contributed by atoms with Gasteiger partial charge in [-0.05, 0) is 26.7 Å². The number of hydrogen-bond acceptors (Lipinski definition) is 3. The zero-order valence-electron chi connectivity index (χ0n) is 11.0. The molecule has 0 saturated carbocycles. The fraction of sp³-hybridized carbons (Fsp3) is 0.917. The summed E-state index contributed by atoms with van der Waals surface area (Å²) in [6.45, 7) is 8.78. The summed E-state index contributed by atoms with van der Waals surface area (Å²) < 4.78 is 5.39. The molecule has 0 spiro atoms. The lowest BCUT2D eigenvalue weighted by atomic mass is 10.1. The van der Waals surface area contributed by atoms with Crippen LogP contribution in [-0.4, -0.2) is 42.3 Å². The Labute approximate surface area is 98.3 Å². The Balaban J connectivity index is 2.73. The van der Waals surface area contributed by atoms with Crippen LogP contribution < -0.4 is 5.32 Å². The van der Waals surface area contributed by atoms with E-state index >= 15 is 0 Å². The predicted octanol–water partition coefficient (Wildman–Crippen LogP) is 1.36. The summed E-state index contributed by atoms with van der Waals surface area (Å²) in [5.41, 5.74) is -0.284. The van der Waals surface area contributed by atoms with Crippen LogP contribution in [0.2, 0.25) is 0 Å². The van der Waals surface area contributed by atoms with Gasteiger partial charge in [-0.15, -0.1) is 0 Å². The number of nitrogens with one attached hydrogen (secondary N) is 1. The van der Waals surface area contributed by atoms with Crippen LogP contribution in [0.5, 0.6) is 0 Å². The zero-order valence-corrected chi connectivity index (χ0v) is 11.0. The van der Waals surface area contributed by atoms with Crippen molar-refractivity contribution in [3.63, 3.8) is 0 Å². The summed E-state index contributed by atoms with van der Waals surface area (Å²) >= 11 is 0. The van der Waals surface area contributed by atoms with Crippen LogP contribution in [0, 0.1) is 0 Å². The highest BCUT2D eigenvalue weighted by atomic mass is 16.5. The quantitative estimate of drug-likeness (QED) is 0.772. The van der Waals surface area contributed by atoms with E-state index < -0.39 is 0 Å². The van der Waals surface area contributed by atoms with Crippen molar-refractivity contribution in [3.8, 4) is 0 Å². The van der Waals surface area contributed by atoms with E-state index in [1.54, 1.807) is 7.11 Å². The molecule has 0 radical (unpaired) electrons. The molecule has 0 bridgehead atoms. The molecule has 1 aliphatic heterocycles. The largest absolute Gasteiger partial charge is 0.377 e. The highest BCUT2D eigenvalue weighted by molar-refractivity contribution is 5.84. The van der Waals surface area contributed by atoms with Gasteiger partial charge in [0.2, 0.25) is 5.91 Å². The van der Waals surface area contributed by atoms with Gasteiger partial charge in [-0.3, -0.25) is 10.1 Å². The van der Waals surface area contributed by atoms with Crippen molar-refractivity contribution in [1.82, 2.24) is 10.2 Å². The van der Waals surface area contributed by atoms with Crippen molar-refractivity contribution >= 4 is 5.91 Å². The van der Waals surface area contributed by atoms with Gasteiger partial charge in [0.05, 0.1) is 24.4 Å². The Morgan fingerprint density at radius 2 is 2.00 bits per heavy atom. The highest BCUT2D eigenvalue weighted by Crippen LogP contribution is 2.20. The Bertz CT molecular complexity index is 253. The van der Waals surface area contributed by atoms with E-state index in [-0.39, 0.29) is 23.7 Å². The van der Waals surface area contributed by atoms with Crippen LogP contribution in [0.3, 0.4) is 0 Å². The summed E-state index contributed by atoms with van der Waals surface area (Å²) in [5.74, 6) is 0.208. The highest BCUT2D eigenvalue weighted by Gasteiger charge is 2.39. The second kappa shape index (κ2) is 5.15. The third kappa shape index (κ3) is 2.74. The molecule has 0 aromatic rings. The van der Waals surface area contributed by atoms with Crippen molar-refractivity contribution in [3.05, 3.63) is 0 Å². The summed E-state index contributed by atoms with van der Waals surface area (Å²) in [6.07, 6.45) is 1.94. The van der Waals surface area contributed by atoms with Gasteiger partial charge in [0.1, 0.15) is 0 Å². The van der Waals surface area contributed by atoms with Crippen molar-refractivity contribution in [2.45, 2.75) is 58.3 Å². The average Bonchev–Trinajstić information content (AvgIpc) is 2.55. The summed E-state index contributed by atoms with van der Waals surface area (Å²) in [7, 11) is 1.69. The van der Waals surface area contributed by atoms with Crippen LogP contribution in [-0.2, 0) is 9.53 Å². The van der Waals surface area contributed by atoms with Crippen molar-refractivity contribution in [1.29, 1.82) is 0 Å². The van der Waals surface area contributed by atoms with E-state index in [2.05, 4.69) is 12.2 Å². The van der Waals surface area contributed by atoms with Gasteiger partial charge in [-0.25, -0.2) is 0 Å². The van der Waals surface area contributed by atoms with Gasteiger partial charge in [0.15, 0.2) is 0 Å². The first-order valence-electron chi connectivity index (χ1n) is 6.06. The first-order chi connectivity index (χ1) is 7.45. The molecule has 1 aliphatic rings. The van der Waals surface area contributed by atoms with Crippen LogP contribution >= 0.6 is 0 Å². The molecule has 2 atom stereocenters. The lowest BCUT2D eigenvalue weighted by Crippen LogP contribution is -2.46. The molecule has 4 nitrogen and oxygen atoms in total. The van der Waals surface area contributed by atoms with E-state index in [1.807, 2.05) is 25.7 Å². The van der Waals surface area contributed by atoms with E-state index in [1.165, 1.54) is 0 Å². The second-order valence-corrected chi connectivity index (χ2v) is 4.98. The Morgan fingerprint density at radius 1 is 1.38 bits per heavy atom. The lowest BCUT2D eigenvalue weighted by molar-refractivity contribution is -0.133. The second-order valence-electron chi connectivity index (χ2n) is 4.98. The lowest BCUT2D eigenvalue weighted by Gasteiger charge is -2.32. The number of hydrogen-bond donors (Lipinski definition) is 1. The molecule has 0 aromatic carbocycles. The van der Waals surface area contributed by atoms with Gasteiger partial charge in [0.25, 0.3) is 0 Å². The van der Waals surface area contributed by atoms with Crippen LogP contribution in [0.4, 0.5) is 0 Å². The molecule has 1 fully saturated rings. The van der Waals surface area contributed by atoms with Gasteiger partial charge < -0.3 is 9.64 Å². The summed E-state index contributed by atoms with van der Waals surface area (Å²) in [4.78, 5) is 14.0. The standard InChI is InChI=1S/C12H24N2O2/c1-6-9-11(15)14(10(7-2)13-9)8-12(3,4)16-5/h9-10,13H,6-8H2,1-5H3. The fourth-order valence-corrected chi connectivity index (χ4v) is 2.04. The molecule has 1 amide bonds. The normalized spacial score (nSPS) is 26.6. The molecule has 0 aliphatic carbocycles. The van der Waals surface area contributed by atoms with Gasteiger partial charge >= 0.3 is 0 Å². The minimum Gasteiger partial charge on any atom is -0.377 e. The molecule has 0 aromatic heterocycles. The number of amides is 1. The molecule has 1 heterocycles. The molecule has 4 heteroatoms. The van der Waals surface area contributed by atoms with Crippen molar-refractivity contribution in [2.75, 3.05) is 13.7 Å². The number of carbonyl (C=O) groups is 1. The maximum atomic E-state index is 12.1. The predicted molar refractivity (Wildman–Crippen MR) is 64.1 cm³/mol. The SMILES string of the molecule is CCC1NC(CC)N(CC(C)(C)OC)C1=O. The smallest absolute Gasteiger partial charge is 0.241 e. The van der Waals surface area contributed by atoms with Crippen molar-refractivity contribution in [2.24, 2.45) is 0 Å². The van der Waals surface area contributed by atoms with E-state index in [0.29, 0.717) is 6.54 Å². The van der Waals surface area contributed by atoms with Gasteiger partial charge in [0, 0.05) is 7.11 Å². The number of ether oxygens (including phenoxy) is 1. The minimum absolute atomic E-state index is 0.0161. The number of nitrogens with zero attached hydrogens (tertiary/aromatic N) is 1. The summed E-state index contributed by atoms with van der Waals surface area (Å²) in [6, 6.07) is -0.0161.